The van der Waals surface area contributed by atoms with Crippen LogP contribution in [0.15, 0.2) is 6.07 Å². The third-order valence-electron chi connectivity index (χ3n) is 2.79. The standard InChI is InChI=1S/C11H16ClN3/c1-3-9(8-4-5-8)14-10-6-7(2)13-11(12)15-10/h6,8-9H,3-5H2,1-2H3,(H,13,14,15). The molecule has 82 valence electrons. The van der Waals surface area contributed by atoms with E-state index in [1.54, 1.807) is 0 Å². The second-order valence-corrected chi connectivity index (χ2v) is 4.50. The first-order chi connectivity index (χ1) is 7.19. The van der Waals surface area contributed by atoms with Crippen LogP contribution in [-0.2, 0) is 0 Å². The fourth-order valence-electron chi connectivity index (χ4n) is 1.85. The van der Waals surface area contributed by atoms with Crippen LogP contribution in [-0.4, -0.2) is 16.0 Å². The number of anilines is 1. The molecule has 0 radical (unpaired) electrons. The summed E-state index contributed by atoms with van der Waals surface area (Å²) in [5.74, 6) is 1.68. The third-order valence-corrected chi connectivity index (χ3v) is 2.96. The minimum Gasteiger partial charge on any atom is -0.367 e. The molecule has 1 aromatic rings. The van der Waals surface area contributed by atoms with E-state index in [9.17, 15) is 0 Å². The molecule has 15 heavy (non-hydrogen) atoms. The van der Waals surface area contributed by atoms with E-state index in [0.29, 0.717) is 11.3 Å². The van der Waals surface area contributed by atoms with Gasteiger partial charge in [0.25, 0.3) is 0 Å². The van der Waals surface area contributed by atoms with Crippen molar-refractivity contribution >= 4 is 17.4 Å². The summed E-state index contributed by atoms with van der Waals surface area (Å²) < 4.78 is 0. The smallest absolute Gasteiger partial charge is 0.224 e. The number of halogens is 1. The van der Waals surface area contributed by atoms with Crippen molar-refractivity contribution in [1.82, 2.24) is 9.97 Å². The number of nitrogens with one attached hydrogen (secondary N) is 1. The van der Waals surface area contributed by atoms with Crippen molar-refractivity contribution in [2.24, 2.45) is 5.92 Å². The van der Waals surface area contributed by atoms with Crippen molar-refractivity contribution in [3.63, 3.8) is 0 Å². The van der Waals surface area contributed by atoms with Crippen LogP contribution in [0.3, 0.4) is 0 Å². The van der Waals surface area contributed by atoms with Crippen molar-refractivity contribution in [3.8, 4) is 0 Å². The Bertz CT molecular complexity index is 329. The molecule has 0 aliphatic heterocycles. The maximum Gasteiger partial charge on any atom is 0.224 e. The minimum atomic E-state index is 0.322. The van der Waals surface area contributed by atoms with Gasteiger partial charge in [-0.25, -0.2) is 9.97 Å². The van der Waals surface area contributed by atoms with E-state index in [0.717, 1.165) is 23.9 Å². The van der Waals surface area contributed by atoms with Gasteiger partial charge in [-0.3, -0.25) is 0 Å². The van der Waals surface area contributed by atoms with E-state index in [4.69, 9.17) is 11.6 Å². The van der Waals surface area contributed by atoms with Crippen molar-refractivity contribution in [2.75, 3.05) is 5.32 Å². The largest absolute Gasteiger partial charge is 0.367 e. The lowest BCUT2D eigenvalue weighted by Crippen LogP contribution is -2.21. The van der Waals surface area contributed by atoms with Gasteiger partial charge in [-0.2, -0.15) is 0 Å². The first-order valence-electron chi connectivity index (χ1n) is 5.46. The number of rotatable bonds is 4. The molecule has 1 aromatic heterocycles. The Kier molecular flexibility index (Phi) is 3.10. The topological polar surface area (TPSA) is 37.8 Å². The molecule has 1 saturated carbocycles. The van der Waals surface area contributed by atoms with Crippen LogP contribution in [0.2, 0.25) is 5.28 Å². The minimum absolute atomic E-state index is 0.322. The highest BCUT2D eigenvalue weighted by molar-refractivity contribution is 6.28. The van der Waals surface area contributed by atoms with Crippen molar-refractivity contribution in [3.05, 3.63) is 17.0 Å². The van der Waals surface area contributed by atoms with E-state index in [1.807, 2.05) is 13.0 Å². The van der Waals surface area contributed by atoms with Crippen molar-refractivity contribution in [2.45, 2.75) is 39.2 Å². The molecule has 1 aliphatic carbocycles. The van der Waals surface area contributed by atoms with E-state index in [-0.39, 0.29) is 0 Å². The highest BCUT2D eigenvalue weighted by atomic mass is 35.5. The molecule has 3 nitrogen and oxygen atoms in total. The predicted molar refractivity (Wildman–Crippen MR) is 62.2 cm³/mol. The second-order valence-electron chi connectivity index (χ2n) is 4.16. The van der Waals surface area contributed by atoms with Gasteiger partial charge in [0, 0.05) is 17.8 Å². The summed E-state index contributed by atoms with van der Waals surface area (Å²) in [6, 6.07) is 2.48. The Balaban J connectivity index is 2.08. The van der Waals surface area contributed by atoms with E-state index in [2.05, 4.69) is 22.2 Å². The highest BCUT2D eigenvalue weighted by Gasteiger charge is 2.30. The first-order valence-corrected chi connectivity index (χ1v) is 5.84. The third kappa shape index (κ3) is 2.81. The molecule has 1 fully saturated rings. The van der Waals surface area contributed by atoms with Crippen LogP contribution in [0.4, 0.5) is 5.82 Å². The second kappa shape index (κ2) is 4.35. The molecule has 0 bridgehead atoms. The maximum absolute atomic E-state index is 5.81. The Morgan fingerprint density at radius 2 is 2.27 bits per heavy atom. The zero-order chi connectivity index (χ0) is 10.8. The van der Waals surface area contributed by atoms with Gasteiger partial charge in [0.1, 0.15) is 5.82 Å². The van der Waals surface area contributed by atoms with Gasteiger partial charge in [0.2, 0.25) is 5.28 Å². The zero-order valence-corrected chi connectivity index (χ0v) is 9.88. The van der Waals surface area contributed by atoms with E-state index >= 15 is 0 Å². The van der Waals surface area contributed by atoms with E-state index < -0.39 is 0 Å². The average Bonchev–Trinajstić information content (AvgIpc) is 2.95. The molecular weight excluding hydrogens is 210 g/mol. The molecule has 0 saturated heterocycles. The Labute approximate surface area is 95.3 Å². The molecule has 0 spiro atoms. The van der Waals surface area contributed by atoms with Gasteiger partial charge in [-0.1, -0.05) is 6.92 Å². The molecule has 1 atom stereocenters. The number of aromatic nitrogens is 2. The van der Waals surface area contributed by atoms with Crippen molar-refractivity contribution < 1.29 is 0 Å². The summed E-state index contributed by atoms with van der Waals surface area (Å²) in [4.78, 5) is 8.22. The number of hydrogen-bond acceptors (Lipinski definition) is 3. The van der Waals surface area contributed by atoms with Gasteiger partial charge >= 0.3 is 0 Å². The molecule has 1 aliphatic rings. The Morgan fingerprint density at radius 3 is 2.80 bits per heavy atom. The van der Waals surface area contributed by atoms with Crippen LogP contribution >= 0.6 is 11.6 Å². The van der Waals surface area contributed by atoms with Gasteiger partial charge < -0.3 is 5.32 Å². The van der Waals surface area contributed by atoms with Crippen LogP contribution < -0.4 is 5.32 Å². The molecule has 1 N–H and O–H groups in total. The predicted octanol–water partition coefficient (Wildman–Crippen LogP) is 3.04. The van der Waals surface area contributed by atoms with Crippen LogP contribution in [0.1, 0.15) is 31.9 Å². The molecule has 0 amide bonds. The highest BCUT2D eigenvalue weighted by Crippen LogP contribution is 2.35. The monoisotopic (exact) mass is 225 g/mol. The molecule has 1 heterocycles. The van der Waals surface area contributed by atoms with Crippen molar-refractivity contribution in [1.29, 1.82) is 0 Å². The van der Waals surface area contributed by atoms with Crippen LogP contribution in [0.5, 0.6) is 0 Å². The molecule has 0 aromatic carbocycles. The maximum atomic E-state index is 5.81. The lowest BCUT2D eigenvalue weighted by molar-refractivity contribution is 0.613. The van der Waals surface area contributed by atoms with Crippen LogP contribution in [0, 0.1) is 12.8 Å². The van der Waals surface area contributed by atoms with E-state index in [1.165, 1.54) is 12.8 Å². The SMILES string of the molecule is CCC(Nc1cc(C)nc(Cl)n1)C1CC1. The van der Waals surface area contributed by atoms with Crippen LogP contribution in [0.25, 0.3) is 0 Å². The molecule has 1 unspecified atom stereocenters. The summed E-state index contributed by atoms with van der Waals surface area (Å²) in [6.45, 7) is 4.13. The number of aryl methyl sites for hydroxylation is 1. The molecule has 4 heteroatoms. The zero-order valence-electron chi connectivity index (χ0n) is 9.13. The number of nitrogens with zero attached hydrogens (tertiary/aromatic N) is 2. The molecule has 2 rings (SSSR count). The lowest BCUT2D eigenvalue weighted by atomic mass is 10.1. The normalized spacial score (nSPS) is 17.5. The fraction of sp³-hybridized carbons (Fsp3) is 0.636. The van der Waals surface area contributed by atoms with Gasteiger partial charge in [0.05, 0.1) is 0 Å². The average molecular weight is 226 g/mol. The lowest BCUT2D eigenvalue weighted by Gasteiger charge is -2.16. The van der Waals surface area contributed by atoms with Gasteiger partial charge in [-0.15, -0.1) is 0 Å². The Morgan fingerprint density at radius 1 is 1.53 bits per heavy atom. The molecular formula is C11H16ClN3. The summed E-state index contributed by atoms with van der Waals surface area (Å²) in [5, 5.41) is 3.76. The quantitative estimate of drug-likeness (QED) is 0.801. The van der Waals surface area contributed by atoms with Gasteiger partial charge in [-0.05, 0) is 43.7 Å². The summed E-state index contributed by atoms with van der Waals surface area (Å²) in [6.07, 6.45) is 3.80. The summed E-state index contributed by atoms with van der Waals surface area (Å²) >= 11 is 5.81. The Hall–Kier alpha value is -0.830. The summed E-state index contributed by atoms with van der Waals surface area (Å²) in [7, 11) is 0. The van der Waals surface area contributed by atoms with Gasteiger partial charge in [0.15, 0.2) is 0 Å². The fourth-order valence-corrected chi connectivity index (χ4v) is 2.07. The first kappa shape index (κ1) is 10.7. The summed E-state index contributed by atoms with van der Waals surface area (Å²) in [5.41, 5.74) is 0.906. The number of hydrogen-bond donors (Lipinski definition) is 1.